The summed E-state index contributed by atoms with van der Waals surface area (Å²) < 4.78 is 24.1. The lowest BCUT2D eigenvalue weighted by atomic mass is 9.65. The van der Waals surface area contributed by atoms with Crippen LogP contribution in [0.1, 0.15) is 27.9 Å². The summed E-state index contributed by atoms with van der Waals surface area (Å²) in [5, 5.41) is 0. The second-order valence-electron chi connectivity index (χ2n) is 8.51. The molecule has 0 N–H and O–H groups in total. The summed E-state index contributed by atoms with van der Waals surface area (Å²) in [6.45, 7) is 1.70. The first kappa shape index (κ1) is 19.3. The molecule has 1 fully saturated rings. The molecule has 2 aromatic carbocycles. The van der Waals surface area contributed by atoms with E-state index in [0.717, 1.165) is 34.5 Å². The van der Waals surface area contributed by atoms with Crippen molar-refractivity contribution in [2.45, 2.75) is 36.6 Å². The molecule has 160 valence electrons. The topological polar surface area (TPSA) is 57.2 Å². The Morgan fingerprint density at radius 3 is 2.74 bits per heavy atom. The van der Waals surface area contributed by atoms with E-state index in [1.807, 2.05) is 12.1 Å². The molecule has 1 aliphatic carbocycles. The van der Waals surface area contributed by atoms with E-state index in [1.54, 1.807) is 19.2 Å². The van der Waals surface area contributed by atoms with Crippen LogP contribution in [0, 0.1) is 0 Å². The van der Waals surface area contributed by atoms with Gasteiger partial charge in [-0.25, -0.2) is 4.79 Å². The van der Waals surface area contributed by atoms with Crippen LogP contribution in [-0.2, 0) is 21.4 Å². The van der Waals surface area contributed by atoms with Crippen molar-refractivity contribution < 1.29 is 23.7 Å². The summed E-state index contributed by atoms with van der Waals surface area (Å²) in [6, 6.07) is 11.6. The third kappa shape index (κ3) is 2.87. The molecule has 6 rings (SSSR count). The van der Waals surface area contributed by atoms with Gasteiger partial charge in [0.15, 0.2) is 11.5 Å². The smallest absolute Gasteiger partial charge is 0.338 e. The number of rotatable bonds is 3. The van der Waals surface area contributed by atoms with Gasteiger partial charge in [0.1, 0.15) is 6.10 Å². The van der Waals surface area contributed by atoms with Crippen LogP contribution in [0.4, 0.5) is 0 Å². The Balaban J connectivity index is 1.43. The number of methoxy groups -OCH3 is 1. The van der Waals surface area contributed by atoms with Crippen molar-refractivity contribution in [2.24, 2.45) is 0 Å². The molecule has 0 amide bonds. The Labute approximate surface area is 188 Å². The standard InChI is InChI=1S/C24H22BrNO5/c1-28-17-6-7-24-18-10-20-19(29-13-30-20)8-15(18)11-26(21(24)9-17)12-22(24)31-23(27)14-2-4-16(25)5-3-14/h2-8,10,17,21-22H,9,11-13H2,1H3/t17-,21+,22-,24+/m1/s1. The first-order valence-corrected chi connectivity index (χ1v) is 11.2. The molecule has 2 bridgehead atoms. The summed E-state index contributed by atoms with van der Waals surface area (Å²) in [5.41, 5.74) is 2.47. The molecule has 0 aromatic heterocycles. The minimum absolute atomic E-state index is 0.0529. The molecular formula is C24H22BrNO5. The number of esters is 1. The number of hydrogen-bond donors (Lipinski definition) is 0. The average molecular weight is 484 g/mol. The largest absolute Gasteiger partial charge is 0.456 e. The number of halogens is 1. The highest BCUT2D eigenvalue weighted by molar-refractivity contribution is 9.10. The highest BCUT2D eigenvalue weighted by Crippen LogP contribution is 2.54. The maximum absolute atomic E-state index is 13.0. The van der Waals surface area contributed by atoms with E-state index in [0.29, 0.717) is 12.1 Å². The third-order valence-corrected chi connectivity index (χ3v) is 7.57. The summed E-state index contributed by atoms with van der Waals surface area (Å²) in [6.07, 6.45) is 4.92. The van der Waals surface area contributed by atoms with Crippen molar-refractivity contribution in [3.8, 4) is 11.5 Å². The summed E-state index contributed by atoms with van der Waals surface area (Å²) in [4.78, 5) is 15.5. The number of fused-ring (bicyclic) bond motifs is 2. The predicted octanol–water partition coefficient (Wildman–Crippen LogP) is 3.81. The molecule has 2 aromatic rings. The Hall–Kier alpha value is -2.35. The van der Waals surface area contributed by atoms with E-state index in [1.165, 1.54) is 5.56 Å². The molecule has 5 atom stereocenters. The molecule has 4 aliphatic rings. The molecule has 0 radical (unpaired) electrons. The summed E-state index contributed by atoms with van der Waals surface area (Å²) >= 11 is 3.42. The zero-order valence-corrected chi connectivity index (χ0v) is 18.6. The van der Waals surface area contributed by atoms with Gasteiger partial charge in [0.25, 0.3) is 0 Å². The van der Waals surface area contributed by atoms with Crippen LogP contribution in [0.15, 0.2) is 53.0 Å². The molecule has 0 spiro atoms. The zero-order valence-electron chi connectivity index (χ0n) is 17.0. The van der Waals surface area contributed by atoms with Gasteiger partial charge < -0.3 is 18.9 Å². The quantitative estimate of drug-likeness (QED) is 0.488. The first-order chi connectivity index (χ1) is 15.1. The molecular weight excluding hydrogens is 462 g/mol. The maximum atomic E-state index is 13.0. The summed E-state index contributed by atoms with van der Waals surface area (Å²) in [7, 11) is 1.74. The van der Waals surface area contributed by atoms with E-state index >= 15 is 0 Å². The molecule has 7 heteroatoms. The van der Waals surface area contributed by atoms with E-state index < -0.39 is 5.41 Å². The molecule has 1 saturated heterocycles. The molecule has 3 heterocycles. The van der Waals surface area contributed by atoms with Crippen molar-refractivity contribution >= 4 is 21.9 Å². The van der Waals surface area contributed by atoms with Crippen molar-refractivity contribution in [3.63, 3.8) is 0 Å². The van der Waals surface area contributed by atoms with Crippen molar-refractivity contribution in [3.05, 3.63) is 69.7 Å². The lowest BCUT2D eigenvalue weighted by Gasteiger charge is -2.46. The Morgan fingerprint density at radius 2 is 1.97 bits per heavy atom. The van der Waals surface area contributed by atoms with Gasteiger partial charge in [-0.05, 0) is 53.9 Å². The van der Waals surface area contributed by atoms with Gasteiger partial charge >= 0.3 is 5.97 Å². The van der Waals surface area contributed by atoms with Crippen molar-refractivity contribution in [1.82, 2.24) is 4.90 Å². The van der Waals surface area contributed by atoms with Crippen LogP contribution in [0.2, 0.25) is 0 Å². The normalized spacial score (nSPS) is 31.8. The summed E-state index contributed by atoms with van der Waals surface area (Å²) in [5.74, 6) is 1.24. The van der Waals surface area contributed by atoms with Gasteiger partial charge in [0.05, 0.1) is 17.1 Å². The van der Waals surface area contributed by atoms with E-state index in [4.69, 9.17) is 18.9 Å². The predicted molar refractivity (Wildman–Crippen MR) is 116 cm³/mol. The van der Waals surface area contributed by atoms with Gasteiger partial charge in [-0.15, -0.1) is 0 Å². The number of carbonyl (C=O) groups excluding carboxylic acids is 1. The maximum Gasteiger partial charge on any atom is 0.338 e. The van der Waals surface area contributed by atoms with E-state index in [9.17, 15) is 4.79 Å². The minimum atomic E-state index is -0.436. The number of benzene rings is 2. The van der Waals surface area contributed by atoms with Gasteiger partial charge in [-0.2, -0.15) is 0 Å². The number of ether oxygens (including phenoxy) is 4. The lowest BCUT2D eigenvalue weighted by molar-refractivity contribution is 0.0187. The third-order valence-electron chi connectivity index (χ3n) is 7.04. The number of carbonyl (C=O) groups is 1. The van der Waals surface area contributed by atoms with Crippen LogP contribution in [0.3, 0.4) is 0 Å². The highest BCUT2D eigenvalue weighted by atomic mass is 79.9. The van der Waals surface area contributed by atoms with Gasteiger partial charge in [-0.1, -0.05) is 28.1 Å². The van der Waals surface area contributed by atoms with Crippen LogP contribution >= 0.6 is 15.9 Å². The monoisotopic (exact) mass is 483 g/mol. The highest BCUT2D eigenvalue weighted by Gasteiger charge is 2.60. The Bertz CT molecular complexity index is 1080. The zero-order chi connectivity index (χ0) is 21.2. The van der Waals surface area contributed by atoms with Crippen LogP contribution < -0.4 is 9.47 Å². The van der Waals surface area contributed by atoms with Crippen molar-refractivity contribution in [2.75, 3.05) is 20.4 Å². The Kier molecular flexibility index (Phi) is 4.42. The minimum Gasteiger partial charge on any atom is -0.456 e. The molecule has 6 nitrogen and oxygen atoms in total. The first-order valence-electron chi connectivity index (χ1n) is 10.4. The fraction of sp³-hybridized carbons (Fsp3) is 0.375. The van der Waals surface area contributed by atoms with E-state index in [2.05, 4.69) is 45.1 Å². The lowest BCUT2D eigenvalue weighted by Crippen LogP contribution is -2.53. The molecule has 0 saturated carbocycles. The molecule has 1 unspecified atom stereocenters. The van der Waals surface area contributed by atoms with Gasteiger partial charge in [-0.3, -0.25) is 4.90 Å². The van der Waals surface area contributed by atoms with Gasteiger partial charge in [0.2, 0.25) is 6.79 Å². The fourth-order valence-corrected chi connectivity index (χ4v) is 5.85. The van der Waals surface area contributed by atoms with Gasteiger partial charge in [0, 0.05) is 30.7 Å². The fourth-order valence-electron chi connectivity index (χ4n) is 5.58. The van der Waals surface area contributed by atoms with Crippen LogP contribution in [0.5, 0.6) is 11.5 Å². The number of hydrogen-bond acceptors (Lipinski definition) is 6. The molecule has 3 aliphatic heterocycles. The molecule has 31 heavy (non-hydrogen) atoms. The second kappa shape index (κ2) is 7.08. The average Bonchev–Trinajstić information content (AvgIpc) is 3.33. The Morgan fingerprint density at radius 1 is 1.19 bits per heavy atom. The van der Waals surface area contributed by atoms with Crippen molar-refractivity contribution in [1.29, 1.82) is 0 Å². The van der Waals surface area contributed by atoms with Crippen LogP contribution in [-0.4, -0.2) is 49.6 Å². The number of nitrogens with zero attached hydrogens (tertiary/aromatic N) is 1. The van der Waals surface area contributed by atoms with E-state index in [-0.39, 0.29) is 31.0 Å². The van der Waals surface area contributed by atoms with Crippen LogP contribution in [0.25, 0.3) is 0 Å². The SMILES string of the molecule is CO[C@@H]1C=C[C@@]23c4cc5c(cc4CN(C[C@H]2OC(=O)c2ccc(Br)cc2)[C@H]3C1)OCO5. The second-order valence-corrected chi connectivity index (χ2v) is 9.43.